The highest BCUT2D eigenvalue weighted by molar-refractivity contribution is 6.07. The van der Waals surface area contributed by atoms with E-state index in [2.05, 4.69) is 18.2 Å². The van der Waals surface area contributed by atoms with E-state index in [0.717, 1.165) is 24.8 Å². The molecule has 0 saturated heterocycles. The van der Waals surface area contributed by atoms with Gasteiger partial charge in [0.25, 0.3) is 0 Å². The molecule has 5 rings (SSSR count). The summed E-state index contributed by atoms with van der Waals surface area (Å²) in [6.45, 7) is 0. The van der Waals surface area contributed by atoms with Crippen molar-refractivity contribution in [2.24, 2.45) is 0 Å². The van der Waals surface area contributed by atoms with Crippen molar-refractivity contribution in [3.63, 3.8) is 0 Å². The zero-order valence-corrected chi connectivity index (χ0v) is 11.7. The molecule has 0 fully saturated rings. The van der Waals surface area contributed by atoms with Crippen LogP contribution in [0.2, 0.25) is 0 Å². The van der Waals surface area contributed by atoms with Gasteiger partial charge in [-0.25, -0.2) is 0 Å². The number of carbonyl (C=O) groups is 1. The van der Waals surface area contributed by atoms with E-state index in [-0.39, 0.29) is 0 Å². The van der Waals surface area contributed by atoms with E-state index in [4.69, 9.17) is 0 Å². The van der Waals surface area contributed by atoms with Gasteiger partial charge in [-0.3, -0.25) is 4.79 Å². The molecule has 0 spiro atoms. The van der Waals surface area contributed by atoms with Crippen molar-refractivity contribution in [2.45, 2.75) is 50.9 Å². The maximum absolute atomic E-state index is 12.4. The van der Waals surface area contributed by atoms with E-state index in [9.17, 15) is 4.79 Å². The van der Waals surface area contributed by atoms with E-state index < -0.39 is 0 Å². The molecular formula is C19H18O. The molecular weight excluding hydrogens is 244 g/mol. The molecule has 3 aliphatic carbocycles. The molecule has 1 atom stereocenters. The Bertz CT molecular complexity index is 769. The molecule has 0 aliphatic heterocycles. The summed E-state index contributed by atoms with van der Waals surface area (Å²) in [7, 11) is 0. The number of hydrogen-bond acceptors (Lipinski definition) is 1. The topological polar surface area (TPSA) is 17.1 Å². The smallest absolute Gasteiger partial charge is 0.163 e. The molecule has 0 amide bonds. The molecule has 3 aliphatic rings. The predicted molar refractivity (Wildman–Crippen MR) is 80.6 cm³/mol. The Morgan fingerprint density at radius 1 is 0.850 bits per heavy atom. The highest BCUT2D eigenvalue weighted by Crippen LogP contribution is 2.47. The summed E-state index contributed by atoms with van der Waals surface area (Å²) in [5, 5.41) is 3.01. The second-order valence-electron chi connectivity index (χ2n) is 6.68. The number of aryl methyl sites for hydroxylation is 3. The van der Waals surface area contributed by atoms with Gasteiger partial charge in [0.2, 0.25) is 0 Å². The third kappa shape index (κ3) is 1.26. The van der Waals surface area contributed by atoms with E-state index in [1.165, 1.54) is 58.7 Å². The number of ketones is 1. The molecule has 0 heterocycles. The number of benzene rings is 2. The highest BCUT2D eigenvalue weighted by atomic mass is 16.1. The first-order valence-electron chi connectivity index (χ1n) is 7.96. The van der Waals surface area contributed by atoms with Gasteiger partial charge in [0.05, 0.1) is 0 Å². The zero-order chi connectivity index (χ0) is 13.3. The van der Waals surface area contributed by atoms with Crippen molar-refractivity contribution >= 4 is 16.6 Å². The van der Waals surface area contributed by atoms with Gasteiger partial charge in [0.15, 0.2) is 5.78 Å². The van der Waals surface area contributed by atoms with Gasteiger partial charge < -0.3 is 0 Å². The lowest BCUT2D eigenvalue weighted by atomic mass is 9.70. The summed E-state index contributed by atoms with van der Waals surface area (Å²) < 4.78 is 0. The fraction of sp³-hybridized carbons (Fsp3) is 0.421. The maximum atomic E-state index is 12.4. The highest BCUT2D eigenvalue weighted by Gasteiger charge is 2.33. The van der Waals surface area contributed by atoms with Crippen LogP contribution in [0, 0.1) is 0 Å². The molecule has 0 radical (unpaired) electrons. The third-order valence-corrected chi connectivity index (χ3v) is 5.66. The lowest BCUT2D eigenvalue weighted by molar-refractivity contribution is 0.0966. The average Bonchev–Trinajstić information content (AvgIpc) is 2.50. The van der Waals surface area contributed by atoms with Crippen LogP contribution in [0.15, 0.2) is 18.2 Å². The third-order valence-electron chi connectivity index (χ3n) is 5.66. The summed E-state index contributed by atoms with van der Waals surface area (Å²) >= 11 is 0. The van der Waals surface area contributed by atoms with E-state index in [1.807, 2.05) is 0 Å². The first-order valence-corrected chi connectivity index (χ1v) is 7.96. The van der Waals surface area contributed by atoms with Crippen molar-refractivity contribution in [1.82, 2.24) is 0 Å². The molecule has 1 nitrogen and oxygen atoms in total. The quantitative estimate of drug-likeness (QED) is 0.690. The van der Waals surface area contributed by atoms with Gasteiger partial charge in [0, 0.05) is 12.0 Å². The molecule has 0 saturated carbocycles. The Morgan fingerprint density at radius 2 is 1.60 bits per heavy atom. The first kappa shape index (κ1) is 11.1. The Labute approximate surface area is 119 Å². The van der Waals surface area contributed by atoms with Crippen LogP contribution in [0.25, 0.3) is 10.8 Å². The van der Waals surface area contributed by atoms with Crippen molar-refractivity contribution in [1.29, 1.82) is 0 Å². The van der Waals surface area contributed by atoms with Crippen molar-refractivity contribution in [3.8, 4) is 0 Å². The Hall–Kier alpha value is -1.63. The minimum Gasteiger partial charge on any atom is -0.294 e. The van der Waals surface area contributed by atoms with E-state index in [0.29, 0.717) is 11.7 Å². The van der Waals surface area contributed by atoms with Gasteiger partial charge in [0.1, 0.15) is 0 Å². The molecule has 2 aromatic carbocycles. The van der Waals surface area contributed by atoms with Gasteiger partial charge in [-0.05, 0) is 83.5 Å². The number of hydrogen-bond donors (Lipinski definition) is 0. The number of carbonyl (C=O) groups excluding carboxylic acids is 1. The van der Waals surface area contributed by atoms with Crippen LogP contribution in [0.5, 0.6) is 0 Å². The Kier molecular flexibility index (Phi) is 2.06. The van der Waals surface area contributed by atoms with Crippen LogP contribution in [-0.4, -0.2) is 5.78 Å². The molecule has 0 bridgehead atoms. The summed E-state index contributed by atoms with van der Waals surface area (Å²) in [6, 6.07) is 6.93. The van der Waals surface area contributed by atoms with Gasteiger partial charge in [-0.15, -0.1) is 0 Å². The SMILES string of the molecule is O=C1CCC2CCc3ccc4c5c(cc1c2c35)CCC4. The lowest BCUT2D eigenvalue weighted by Gasteiger charge is -2.34. The zero-order valence-electron chi connectivity index (χ0n) is 11.7. The second kappa shape index (κ2) is 3.72. The molecule has 0 aromatic heterocycles. The minimum absolute atomic E-state index is 0.387. The Morgan fingerprint density at radius 3 is 2.50 bits per heavy atom. The molecule has 1 unspecified atom stereocenters. The van der Waals surface area contributed by atoms with E-state index >= 15 is 0 Å². The van der Waals surface area contributed by atoms with Gasteiger partial charge in [-0.2, -0.15) is 0 Å². The molecule has 2 aromatic rings. The van der Waals surface area contributed by atoms with Crippen LogP contribution in [-0.2, 0) is 19.3 Å². The van der Waals surface area contributed by atoms with Crippen molar-refractivity contribution in [3.05, 3.63) is 46.0 Å². The number of rotatable bonds is 0. The van der Waals surface area contributed by atoms with Crippen LogP contribution in [0.3, 0.4) is 0 Å². The van der Waals surface area contributed by atoms with Crippen LogP contribution >= 0.6 is 0 Å². The summed E-state index contributed by atoms with van der Waals surface area (Å²) in [4.78, 5) is 12.4. The summed E-state index contributed by atoms with van der Waals surface area (Å²) in [6.07, 6.45) is 7.87. The predicted octanol–water partition coefficient (Wildman–Crippen LogP) is 4.33. The Balaban J connectivity index is 2.01. The lowest BCUT2D eigenvalue weighted by Crippen LogP contribution is -2.22. The standard InChI is InChI=1S/C19H18O/c20-16-9-8-12-5-7-13-6-4-11-2-1-3-14-10-15(16)18(12)19(13)17(11)14/h4,6,10,12H,1-3,5,7-9H2. The molecule has 20 heavy (non-hydrogen) atoms. The molecule has 0 N–H and O–H groups in total. The maximum Gasteiger partial charge on any atom is 0.163 e. The fourth-order valence-electron chi connectivity index (χ4n) is 4.76. The summed E-state index contributed by atoms with van der Waals surface area (Å²) in [5.74, 6) is 1.03. The monoisotopic (exact) mass is 262 g/mol. The van der Waals surface area contributed by atoms with Crippen LogP contribution < -0.4 is 0 Å². The minimum atomic E-state index is 0.387. The largest absolute Gasteiger partial charge is 0.294 e. The first-order chi connectivity index (χ1) is 9.83. The van der Waals surface area contributed by atoms with Gasteiger partial charge in [-0.1, -0.05) is 12.1 Å². The van der Waals surface area contributed by atoms with Crippen LogP contribution in [0.1, 0.15) is 64.2 Å². The van der Waals surface area contributed by atoms with E-state index in [1.54, 1.807) is 0 Å². The molecule has 100 valence electrons. The van der Waals surface area contributed by atoms with Crippen molar-refractivity contribution in [2.75, 3.05) is 0 Å². The van der Waals surface area contributed by atoms with Crippen LogP contribution in [0.4, 0.5) is 0 Å². The fourth-order valence-corrected chi connectivity index (χ4v) is 4.76. The normalized spacial score (nSPS) is 23.2. The summed E-state index contributed by atoms with van der Waals surface area (Å²) in [5.41, 5.74) is 6.95. The molecule has 1 heteroatoms. The van der Waals surface area contributed by atoms with Gasteiger partial charge >= 0.3 is 0 Å². The average molecular weight is 262 g/mol. The van der Waals surface area contributed by atoms with Crippen molar-refractivity contribution < 1.29 is 4.79 Å². The second-order valence-corrected chi connectivity index (χ2v) is 6.68. The number of Topliss-reactive ketones (excluding diaryl/α,β-unsaturated/α-hetero) is 1.